The van der Waals surface area contributed by atoms with E-state index in [1.165, 1.54) is 0 Å². The molecule has 0 saturated heterocycles. The SMILES string of the molecule is CC(C)(C)C(=O)NCC(=O)Nc1n[nH]c2ccccc12. The maximum absolute atomic E-state index is 11.8. The van der Waals surface area contributed by atoms with Gasteiger partial charge < -0.3 is 10.6 Å². The number of rotatable bonds is 3. The summed E-state index contributed by atoms with van der Waals surface area (Å²) >= 11 is 0. The Balaban J connectivity index is 1.97. The molecule has 2 amide bonds. The smallest absolute Gasteiger partial charge is 0.244 e. The Morgan fingerprint density at radius 3 is 2.65 bits per heavy atom. The minimum Gasteiger partial charge on any atom is -0.347 e. The number of carbonyl (C=O) groups excluding carboxylic acids is 2. The second-order valence-electron chi connectivity index (χ2n) is 5.60. The highest BCUT2D eigenvalue weighted by Gasteiger charge is 2.21. The van der Waals surface area contributed by atoms with E-state index in [2.05, 4.69) is 20.8 Å². The van der Waals surface area contributed by atoms with Crippen molar-refractivity contribution in [2.75, 3.05) is 11.9 Å². The first kappa shape index (κ1) is 14.0. The van der Waals surface area contributed by atoms with E-state index >= 15 is 0 Å². The zero-order chi connectivity index (χ0) is 14.8. The van der Waals surface area contributed by atoms with Crippen LogP contribution in [0.25, 0.3) is 10.9 Å². The fourth-order valence-electron chi connectivity index (χ4n) is 1.66. The molecule has 0 aliphatic heterocycles. The van der Waals surface area contributed by atoms with Crippen LogP contribution in [0.2, 0.25) is 0 Å². The molecule has 6 nitrogen and oxygen atoms in total. The third kappa shape index (κ3) is 3.14. The lowest BCUT2D eigenvalue weighted by molar-refractivity contribution is -0.130. The Morgan fingerprint density at radius 1 is 1.25 bits per heavy atom. The van der Waals surface area contributed by atoms with Gasteiger partial charge in [0.05, 0.1) is 12.1 Å². The number of H-pyrrole nitrogens is 1. The molecule has 1 aromatic carbocycles. The van der Waals surface area contributed by atoms with E-state index in [1.54, 1.807) is 20.8 Å². The van der Waals surface area contributed by atoms with Crippen LogP contribution in [-0.4, -0.2) is 28.6 Å². The van der Waals surface area contributed by atoms with Gasteiger partial charge in [0.25, 0.3) is 0 Å². The molecule has 6 heteroatoms. The van der Waals surface area contributed by atoms with Crippen LogP contribution in [0.5, 0.6) is 0 Å². The van der Waals surface area contributed by atoms with Crippen molar-refractivity contribution in [3.8, 4) is 0 Å². The van der Waals surface area contributed by atoms with Crippen LogP contribution in [0.3, 0.4) is 0 Å². The summed E-state index contributed by atoms with van der Waals surface area (Å²) in [4.78, 5) is 23.5. The highest BCUT2D eigenvalue weighted by Crippen LogP contribution is 2.19. The zero-order valence-electron chi connectivity index (χ0n) is 11.8. The number of amides is 2. The van der Waals surface area contributed by atoms with E-state index in [9.17, 15) is 9.59 Å². The zero-order valence-corrected chi connectivity index (χ0v) is 11.8. The van der Waals surface area contributed by atoms with Crippen molar-refractivity contribution in [3.05, 3.63) is 24.3 Å². The van der Waals surface area contributed by atoms with Crippen molar-refractivity contribution < 1.29 is 9.59 Å². The summed E-state index contributed by atoms with van der Waals surface area (Å²) in [6, 6.07) is 7.49. The van der Waals surface area contributed by atoms with Crippen molar-refractivity contribution in [1.29, 1.82) is 0 Å². The Hall–Kier alpha value is -2.37. The summed E-state index contributed by atoms with van der Waals surface area (Å²) in [5.41, 5.74) is 0.334. The number of carbonyl (C=O) groups is 2. The molecule has 0 spiro atoms. The molecule has 2 rings (SSSR count). The van der Waals surface area contributed by atoms with Gasteiger partial charge in [0.1, 0.15) is 0 Å². The van der Waals surface area contributed by atoms with Gasteiger partial charge in [0, 0.05) is 10.8 Å². The maximum atomic E-state index is 11.8. The highest BCUT2D eigenvalue weighted by molar-refractivity contribution is 6.01. The lowest BCUT2D eigenvalue weighted by Gasteiger charge is -2.17. The fourth-order valence-corrected chi connectivity index (χ4v) is 1.66. The lowest BCUT2D eigenvalue weighted by Crippen LogP contribution is -2.39. The Bertz CT molecular complexity index is 640. The molecular weight excluding hydrogens is 256 g/mol. The summed E-state index contributed by atoms with van der Waals surface area (Å²) in [5.74, 6) is -0.00463. The summed E-state index contributed by atoms with van der Waals surface area (Å²) in [7, 11) is 0. The van der Waals surface area contributed by atoms with E-state index < -0.39 is 5.41 Å². The number of fused-ring (bicyclic) bond motifs is 1. The van der Waals surface area contributed by atoms with Gasteiger partial charge in [-0.3, -0.25) is 14.7 Å². The molecule has 0 fully saturated rings. The first-order valence-electron chi connectivity index (χ1n) is 6.39. The summed E-state index contributed by atoms with van der Waals surface area (Å²) < 4.78 is 0. The topological polar surface area (TPSA) is 86.9 Å². The number of benzene rings is 1. The average Bonchev–Trinajstić information content (AvgIpc) is 2.78. The maximum Gasteiger partial charge on any atom is 0.244 e. The van der Waals surface area contributed by atoms with Gasteiger partial charge in [0.2, 0.25) is 11.8 Å². The Morgan fingerprint density at radius 2 is 1.95 bits per heavy atom. The lowest BCUT2D eigenvalue weighted by atomic mass is 9.96. The minimum atomic E-state index is -0.515. The number of hydrogen-bond acceptors (Lipinski definition) is 3. The second kappa shape index (κ2) is 5.32. The van der Waals surface area contributed by atoms with Crippen LogP contribution >= 0.6 is 0 Å². The molecule has 3 N–H and O–H groups in total. The number of nitrogens with one attached hydrogen (secondary N) is 3. The van der Waals surface area contributed by atoms with Gasteiger partial charge >= 0.3 is 0 Å². The average molecular weight is 274 g/mol. The first-order valence-corrected chi connectivity index (χ1v) is 6.39. The van der Waals surface area contributed by atoms with E-state index in [0.29, 0.717) is 5.82 Å². The van der Waals surface area contributed by atoms with Crippen LogP contribution in [0.4, 0.5) is 5.82 Å². The van der Waals surface area contributed by atoms with Crippen molar-refractivity contribution in [2.24, 2.45) is 5.41 Å². The van der Waals surface area contributed by atoms with Crippen molar-refractivity contribution in [1.82, 2.24) is 15.5 Å². The summed E-state index contributed by atoms with van der Waals surface area (Å²) in [6.07, 6.45) is 0. The molecule has 0 atom stereocenters. The molecule has 106 valence electrons. The monoisotopic (exact) mass is 274 g/mol. The molecule has 1 heterocycles. The van der Waals surface area contributed by atoms with Crippen molar-refractivity contribution in [2.45, 2.75) is 20.8 Å². The molecular formula is C14H18N4O2. The third-order valence-electron chi connectivity index (χ3n) is 2.82. The molecule has 20 heavy (non-hydrogen) atoms. The molecule has 1 aromatic heterocycles. The van der Waals surface area contributed by atoms with Crippen LogP contribution in [0.1, 0.15) is 20.8 Å². The van der Waals surface area contributed by atoms with Crippen LogP contribution in [0.15, 0.2) is 24.3 Å². The van der Waals surface area contributed by atoms with Gasteiger partial charge in [-0.2, -0.15) is 5.10 Å². The van der Waals surface area contributed by atoms with Crippen LogP contribution in [0, 0.1) is 5.41 Å². The predicted octanol–water partition coefficient (Wildman–Crippen LogP) is 1.66. The van der Waals surface area contributed by atoms with Gasteiger partial charge in [-0.05, 0) is 12.1 Å². The fraction of sp³-hybridized carbons (Fsp3) is 0.357. The number of nitrogens with zero attached hydrogens (tertiary/aromatic N) is 1. The standard InChI is InChI=1S/C14H18N4O2/c1-14(2,3)13(20)15-8-11(19)16-12-9-6-4-5-7-10(9)17-18-12/h4-7H,8H2,1-3H3,(H,15,20)(H2,16,17,18,19). The Labute approximate surface area is 116 Å². The van der Waals surface area contributed by atoms with E-state index in [4.69, 9.17) is 0 Å². The van der Waals surface area contributed by atoms with Crippen LogP contribution < -0.4 is 10.6 Å². The van der Waals surface area contributed by atoms with Crippen LogP contribution in [-0.2, 0) is 9.59 Å². The summed E-state index contributed by atoms with van der Waals surface area (Å²) in [6.45, 7) is 5.31. The van der Waals surface area contributed by atoms with Gasteiger partial charge in [0.15, 0.2) is 5.82 Å². The highest BCUT2D eigenvalue weighted by atomic mass is 16.2. The van der Waals surface area contributed by atoms with Crippen molar-refractivity contribution >= 4 is 28.5 Å². The van der Waals surface area contributed by atoms with Gasteiger partial charge in [-0.1, -0.05) is 32.9 Å². The van der Waals surface area contributed by atoms with E-state index in [0.717, 1.165) is 10.9 Å². The molecule has 0 bridgehead atoms. The molecule has 0 saturated carbocycles. The number of aromatic nitrogens is 2. The van der Waals surface area contributed by atoms with E-state index in [1.807, 2.05) is 24.3 Å². The first-order chi connectivity index (χ1) is 9.38. The number of anilines is 1. The minimum absolute atomic E-state index is 0.0721. The molecule has 2 aromatic rings. The predicted molar refractivity (Wildman–Crippen MR) is 77.2 cm³/mol. The Kier molecular flexibility index (Phi) is 3.74. The normalized spacial score (nSPS) is 11.3. The molecule has 0 aliphatic carbocycles. The van der Waals surface area contributed by atoms with Crippen molar-refractivity contribution in [3.63, 3.8) is 0 Å². The largest absolute Gasteiger partial charge is 0.347 e. The molecule has 0 unspecified atom stereocenters. The number of para-hydroxylation sites is 1. The number of aromatic amines is 1. The summed E-state index contributed by atoms with van der Waals surface area (Å²) in [5, 5.41) is 13.0. The second-order valence-corrected chi connectivity index (χ2v) is 5.60. The molecule has 0 radical (unpaired) electrons. The third-order valence-corrected chi connectivity index (χ3v) is 2.82. The molecule has 0 aliphatic rings. The number of hydrogen-bond donors (Lipinski definition) is 3. The van der Waals surface area contributed by atoms with Gasteiger partial charge in [-0.15, -0.1) is 0 Å². The van der Waals surface area contributed by atoms with Gasteiger partial charge in [-0.25, -0.2) is 0 Å². The van der Waals surface area contributed by atoms with E-state index in [-0.39, 0.29) is 18.4 Å². The quantitative estimate of drug-likeness (QED) is 0.795.